The van der Waals surface area contributed by atoms with Crippen LogP contribution in [0, 0.1) is 0 Å². The first kappa shape index (κ1) is 51.4. The number of methoxy groups -OCH3 is 6. The molecule has 0 bridgehead atoms. The molecule has 4 aliphatic rings. The molecule has 2 saturated carbocycles. The van der Waals surface area contributed by atoms with Gasteiger partial charge in [-0.1, -0.05) is 0 Å². The summed E-state index contributed by atoms with van der Waals surface area (Å²) in [7, 11) is 8.97. The summed E-state index contributed by atoms with van der Waals surface area (Å²) in [6, 6.07) is 9.31. The van der Waals surface area contributed by atoms with E-state index in [2.05, 4.69) is 42.5 Å². The Kier molecular flexibility index (Phi) is 17.9. The molecule has 5 amide bonds. The first-order valence-corrected chi connectivity index (χ1v) is 24.5. The molecule has 19 heteroatoms. The maximum absolute atomic E-state index is 13.9. The molecule has 70 heavy (non-hydrogen) atoms. The maximum atomic E-state index is 13.9. The van der Waals surface area contributed by atoms with Crippen molar-refractivity contribution >= 4 is 35.2 Å². The van der Waals surface area contributed by atoms with Crippen molar-refractivity contribution in [3.05, 3.63) is 64.2 Å². The quantitative estimate of drug-likeness (QED) is 0.0887. The van der Waals surface area contributed by atoms with Crippen molar-refractivity contribution in [1.29, 1.82) is 0 Å². The molecule has 4 fully saturated rings. The molecule has 2 aliphatic carbocycles. The molecule has 3 aromatic carbocycles. The van der Waals surface area contributed by atoms with Crippen LogP contribution < -0.4 is 71.0 Å². The van der Waals surface area contributed by atoms with Crippen molar-refractivity contribution < 1.29 is 52.4 Å². The van der Waals surface area contributed by atoms with Gasteiger partial charge in [0, 0.05) is 54.5 Å². The summed E-state index contributed by atoms with van der Waals surface area (Å²) in [6.45, 7) is 3.35. The van der Waals surface area contributed by atoms with Gasteiger partial charge in [-0.15, -0.1) is 0 Å². The summed E-state index contributed by atoms with van der Waals surface area (Å²) in [5.41, 5.74) is 2.00. The van der Waals surface area contributed by atoms with E-state index in [0.29, 0.717) is 67.0 Å². The molecule has 8 N–H and O–H groups in total. The summed E-state index contributed by atoms with van der Waals surface area (Å²) >= 11 is 0. The minimum atomic E-state index is -0.397. The molecular weight excluding hydrogens is 901 g/mol. The predicted octanol–water partition coefficient (Wildman–Crippen LogP) is 4.33. The van der Waals surface area contributed by atoms with E-state index in [1.54, 1.807) is 31.4 Å². The number of amides is 5. The Balaban J connectivity index is 0.930. The van der Waals surface area contributed by atoms with Crippen LogP contribution in [0.25, 0.3) is 0 Å². The first-order valence-electron chi connectivity index (χ1n) is 24.5. The second-order valence-corrected chi connectivity index (χ2v) is 18.4. The van der Waals surface area contributed by atoms with Gasteiger partial charge >= 0.3 is 0 Å². The smallest absolute Gasteiger partial charge is 0.255 e. The van der Waals surface area contributed by atoms with Gasteiger partial charge in [0.25, 0.3) is 29.5 Å². The summed E-state index contributed by atoms with van der Waals surface area (Å²) < 4.78 is 33.6. The third kappa shape index (κ3) is 12.6. The van der Waals surface area contributed by atoms with E-state index in [9.17, 15) is 24.0 Å². The van der Waals surface area contributed by atoms with Crippen molar-refractivity contribution in [2.24, 2.45) is 0 Å². The summed E-state index contributed by atoms with van der Waals surface area (Å²) in [6.07, 6.45) is 8.54. The van der Waals surface area contributed by atoms with Crippen molar-refractivity contribution in [2.45, 2.75) is 113 Å². The van der Waals surface area contributed by atoms with Gasteiger partial charge in [-0.2, -0.15) is 0 Å². The number of benzene rings is 3. The second-order valence-electron chi connectivity index (χ2n) is 18.4. The molecule has 19 nitrogen and oxygen atoms in total. The van der Waals surface area contributed by atoms with Gasteiger partial charge < -0.3 is 71.0 Å². The van der Waals surface area contributed by atoms with Crippen molar-refractivity contribution in [3.63, 3.8) is 0 Å². The van der Waals surface area contributed by atoms with E-state index < -0.39 is 5.91 Å². The molecule has 380 valence electrons. The van der Waals surface area contributed by atoms with Crippen molar-refractivity contribution in [3.8, 4) is 34.5 Å². The van der Waals surface area contributed by atoms with Crippen LogP contribution in [0.5, 0.6) is 34.5 Å². The van der Waals surface area contributed by atoms with Gasteiger partial charge in [-0.25, -0.2) is 0 Å². The highest BCUT2D eigenvalue weighted by Crippen LogP contribution is 2.36. The van der Waals surface area contributed by atoms with E-state index in [1.165, 1.54) is 47.7 Å². The maximum Gasteiger partial charge on any atom is 0.255 e. The summed E-state index contributed by atoms with van der Waals surface area (Å²) in [4.78, 5) is 68.3. The van der Waals surface area contributed by atoms with Crippen LogP contribution in [-0.4, -0.2) is 135 Å². The zero-order chi connectivity index (χ0) is 49.7. The molecule has 2 saturated heterocycles. The molecule has 3 aromatic rings. The average Bonchev–Trinajstić information content (AvgIpc) is 3.39. The van der Waals surface area contributed by atoms with Gasteiger partial charge in [0.15, 0.2) is 0 Å². The Morgan fingerprint density at radius 2 is 0.586 bits per heavy atom. The first-order chi connectivity index (χ1) is 33.9. The normalized spacial score (nSPS) is 20.7. The Morgan fingerprint density at radius 1 is 0.343 bits per heavy atom. The lowest BCUT2D eigenvalue weighted by Gasteiger charge is -2.31. The van der Waals surface area contributed by atoms with Crippen LogP contribution >= 0.6 is 0 Å². The molecule has 0 aromatic heterocycles. The third-order valence-electron chi connectivity index (χ3n) is 14.0. The zero-order valence-corrected chi connectivity index (χ0v) is 41.2. The lowest BCUT2D eigenvalue weighted by Crippen LogP contribution is -2.44. The van der Waals surface area contributed by atoms with E-state index in [-0.39, 0.29) is 99.4 Å². The highest BCUT2D eigenvalue weighted by atomic mass is 16.5. The number of rotatable bonds is 18. The highest BCUT2D eigenvalue weighted by Gasteiger charge is 2.31. The SMILES string of the molecule is COc1cc(OC)c(C(=O)NC2CCNCC2)cc1NC1CCC(NC(=O)c2cc(C(=O)NC3CCC(NC(=O)c4cc(C(=O)NC5CCNCC5)c(OC)cc4OC)CC3)c(OC)cc2OC)CC1. The van der Waals surface area contributed by atoms with Gasteiger partial charge in [0.05, 0.1) is 76.2 Å². The lowest BCUT2D eigenvalue weighted by atomic mass is 9.90. The van der Waals surface area contributed by atoms with Crippen molar-refractivity contribution in [1.82, 2.24) is 37.2 Å². The number of hydrogen-bond donors (Lipinski definition) is 8. The standard InChI is InChI=1S/C51H70N8O11/c1-65-41-26-42(66-2)36(48(61)56-31-11-13-32(14-12-31)57-49(62)37-24-38(44(68-4)27-43(37)67-3)50(63)58-33-15-19-52-20-16-33)23-35(41)47(60)55-30-9-7-29(8-10-30)54-40-25-39(45(69-5)28-46(40)70-6)51(64)59-34-17-21-53-22-18-34/h23-34,52-54H,7-22H2,1-6H3,(H,55,60)(H,56,61)(H,57,62)(H,58,63)(H,59,64). The predicted molar refractivity (Wildman–Crippen MR) is 263 cm³/mol. The second kappa shape index (κ2) is 24.4. The molecule has 2 heterocycles. The summed E-state index contributed by atoms with van der Waals surface area (Å²) in [5, 5.41) is 25.8. The van der Waals surface area contributed by atoms with Crippen LogP contribution in [0.1, 0.15) is 129 Å². The number of piperidine rings is 2. The topological polar surface area (TPSA) is 237 Å². The van der Waals surface area contributed by atoms with Gasteiger partial charge in [-0.05, 0) is 121 Å². The van der Waals surface area contributed by atoms with Gasteiger partial charge in [-0.3, -0.25) is 24.0 Å². The van der Waals surface area contributed by atoms with Crippen LogP contribution in [0.2, 0.25) is 0 Å². The molecule has 0 atom stereocenters. The number of carbonyl (C=O) groups excluding carboxylic acids is 5. The molecule has 0 spiro atoms. The van der Waals surface area contributed by atoms with Crippen LogP contribution in [0.15, 0.2) is 36.4 Å². The van der Waals surface area contributed by atoms with Gasteiger partial charge in [0.1, 0.15) is 34.5 Å². The lowest BCUT2D eigenvalue weighted by molar-refractivity contribution is 0.0886. The molecule has 0 radical (unpaired) electrons. The Morgan fingerprint density at radius 3 is 0.871 bits per heavy atom. The fraction of sp³-hybridized carbons (Fsp3) is 0.549. The fourth-order valence-corrected chi connectivity index (χ4v) is 9.93. The number of hydrogen-bond acceptors (Lipinski definition) is 14. The Labute approximate surface area is 409 Å². The Bertz CT molecular complexity index is 2340. The Hall–Kier alpha value is -6.47. The van der Waals surface area contributed by atoms with Crippen LogP contribution in [0.3, 0.4) is 0 Å². The van der Waals surface area contributed by atoms with Crippen LogP contribution in [0.4, 0.5) is 5.69 Å². The van der Waals surface area contributed by atoms with Gasteiger partial charge in [0.2, 0.25) is 0 Å². The van der Waals surface area contributed by atoms with E-state index in [1.807, 2.05) is 0 Å². The number of nitrogens with one attached hydrogen (secondary N) is 8. The fourth-order valence-electron chi connectivity index (χ4n) is 9.93. The minimum absolute atomic E-state index is 0.0207. The number of anilines is 1. The molecule has 0 unspecified atom stereocenters. The van der Waals surface area contributed by atoms with E-state index in [0.717, 1.165) is 64.7 Å². The minimum Gasteiger partial charge on any atom is -0.496 e. The molecule has 2 aliphatic heterocycles. The van der Waals surface area contributed by atoms with Crippen LogP contribution in [-0.2, 0) is 0 Å². The largest absolute Gasteiger partial charge is 0.496 e. The third-order valence-corrected chi connectivity index (χ3v) is 14.0. The number of ether oxygens (including phenoxy) is 6. The molecular formula is C51H70N8O11. The highest BCUT2D eigenvalue weighted by molar-refractivity contribution is 6.05. The molecule has 7 rings (SSSR count). The van der Waals surface area contributed by atoms with Crippen molar-refractivity contribution in [2.75, 3.05) is 74.2 Å². The monoisotopic (exact) mass is 971 g/mol. The zero-order valence-electron chi connectivity index (χ0n) is 41.2. The summed E-state index contributed by atoms with van der Waals surface area (Å²) in [5.74, 6) is 0.463. The van der Waals surface area contributed by atoms with E-state index in [4.69, 9.17) is 28.4 Å². The average molecular weight is 971 g/mol. The number of carbonyl (C=O) groups is 5. The van der Waals surface area contributed by atoms with E-state index >= 15 is 0 Å².